The molecule has 1 fully saturated rings. The lowest BCUT2D eigenvalue weighted by Crippen LogP contribution is -2.44. The summed E-state index contributed by atoms with van der Waals surface area (Å²) in [4.78, 5) is 2.29. The quantitative estimate of drug-likeness (QED) is 0.919. The van der Waals surface area contributed by atoms with E-state index in [1.54, 1.807) is 18.2 Å². The van der Waals surface area contributed by atoms with Gasteiger partial charge in [-0.05, 0) is 30.9 Å². The molecule has 1 atom stereocenters. The molecule has 0 saturated carbocycles. The first-order valence-electron chi connectivity index (χ1n) is 6.82. The molecule has 0 aromatic heterocycles. The van der Waals surface area contributed by atoms with E-state index in [0.717, 1.165) is 19.5 Å². The van der Waals surface area contributed by atoms with Gasteiger partial charge in [0.25, 0.3) is 0 Å². The lowest BCUT2D eigenvalue weighted by Gasteiger charge is -2.42. The number of benzene rings is 1. The number of halogens is 2. The first-order chi connectivity index (χ1) is 8.94. The summed E-state index contributed by atoms with van der Waals surface area (Å²) in [5.74, 6) is -0.331. The molecule has 0 bridgehead atoms. The van der Waals surface area contributed by atoms with Crippen LogP contribution in [0.1, 0.15) is 38.3 Å². The van der Waals surface area contributed by atoms with E-state index in [0.29, 0.717) is 12.1 Å². The van der Waals surface area contributed by atoms with Gasteiger partial charge in [0.15, 0.2) is 0 Å². The number of hydrogen-bond donors (Lipinski definition) is 1. The highest BCUT2D eigenvalue weighted by Crippen LogP contribution is 2.34. The Bertz CT molecular complexity index is 448. The summed E-state index contributed by atoms with van der Waals surface area (Å²) in [5.41, 5.74) is 6.77. The van der Waals surface area contributed by atoms with Crippen LogP contribution in [-0.4, -0.2) is 24.5 Å². The summed E-state index contributed by atoms with van der Waals surface area (Å²) in [6, 6.07) is 5.07. The van der Waals surface area contributed by atoms with E-state index in [-0.39, 0.29) is 22.3 Å². The summed E-state index contributed by atoms with van der Waals surface area (Å²) >= 11 is 5.88. The summed E-state index contributed by atoms with van der Waals surface area (Å²) < 4.78 is 14.2. The average Bonchev–Trinajstić information content (AvgIpc) is 2.34. The molecule has 1 aliphatic heterocycles. The second kappa shape index (κ2) is 5.78. The van der Waals surface area contributed by atoms with Gasteiger partial charge in [-0.1, -0.05) is 37.6 Å². The molecule has 106 valence electrons. The molecule has 0 aliphatic carbocycles. The number of hydrogen-bond acceptors (Lipinski definition) is 2. The van der Waals surface area contributed by atoms with Crippen LogP contribution >= 0.6 is 11.6 Å². The number of nitrogens with zero attached hydrogens (tertiary/aromatic N) is 1. The fraction of sp³-hybridized carbons (Fsp3) is 0.600. The number of piperidine rings is 1. The first kappa shape index (κ1) is 14.8. The molecule has 0 radical (unpaired) electrons. The van der Waals surface area contributed by atoms with Gasteiger partial charge >= 0.3 is 0 Å². The predicted octanol–water partition coefficient (Wildman–Crippen LogP) is 3.60. The van der Waals surface area contributed by atoms with Crippen LogP contribution in [0.3, 0.4) is 0 Å². The number of likely N-dealkylation sites (tertiary alicyclic amines) is 1. The summed E-state index contributed by atoms with van der Waals surface area (Å²) in [7, 11) is 0. The standard InChI is InChI=1S/C15H22ClFN2/c1-15(2)7-4-8-19(10-15)13(9-18)11-5-3-6-12(16)14(11)17/h3,5-6,13H,4,7-10,18H2,1-2H3. The zero-order valence-electron chi connectivity index (χ0n) is 11.6. The molecule has 4 heteroatoms. The number of rotatable bonds is 3. The van der Waals surface area contributed by atoms with E-state index in [4.69, 9.17) is 17.3 Å². The molecule has 1 aromatic carbocycles. The van der Waals surface area contributed by atoms with Crippen LogP contribution in [0.2, 0.25) is 5.02 Å². The van der Waals surface area contributed by atoms with Gasteiger partial charge in [0.2, 0.25) is 0 Å². The van der Waals surface area contributed by atoms with Gasteiger partial charge in [0.05, 0.1) is 5.02 Å². The zero-order valence-corrected chi connectivity index (χ0v) is 12.4. The second-order valence-electron chi connectivity index (χ2n) is 6.13. The van der Waals surface area contributed by atoms with Crippen molar-refractivity contribution in [3.05, 3.63) is 34.6 Å². The van der Waals surface area contributed by atoms with Crippen LogP contribution in [0.4, 0.5) is 4.39 Å². The van der Waals surface area contributed by atoms with Crippen LogP contribution in [0.15, 0.2) is 18.2 Å². The molecular weight excluding hydrogens is 263 g/mol. The van der Waals surface area contributed by atoms with Crippen LogP contribution in [-0.2, 0) is 0 Å². The van der Waals surface area contributed by atoms with Gasteiger partial charge in [-0.25, -0.2) is 4.39 Å². The van der Waals surface area contributed by atoms with Crippen molar-refractivity contribution in [2.24, 2.45) is 11.1 Å². The van der Waals surface area contributed by atoms with Crippen molar-refractivity contribution in [2.75, 3.05) is 19.6 Å². The Morgan fingerprint density at radius 1 is 1.47 bits per heavy atom. The maximum atomic E-state index is 14.2. The molecule has 1 saturated heterocycles. The zero-order chi connectivity index (χ0) is 14.0. The van der Waals surface area contributed by atoms with Crippen molar-refractivity contribution >= 4 is 11.6 Å². The minimum Gasteiger partial charge on any atom is -0.329 e. The number of nitrogens with two attached hydrogens (primary N) is 1. The third-order valence-electron chi connectivity index (χ3n) is 3.93. The molecule has 2 N–H and O–H groups in total. The Hall–Kier alpha value is -0.640. The smallest absolute Gasteiger partial charge is 0.146 e. The molecule has 2 rings (SSSR count). The molecule has 19 heavy (non-hydrogen) atoms. The van der Waals surface area contributed by atoms with Crippen LogP contribution < -0.4 is 5.73 Å². The highest BCUT2D eigenvalue weighted by molar-refractivity contribution is 6.30. The van der Waals surface area contributed by atoms with Gasteiger partial charge in [-0.15, -0.1) is 0 Å². The molecule has 2 nitrogen and oxygen atoms in total. The van der Waals surface area contributed by atoms with E-state index < -0.39 is 0 Å². The van der Waals surface area contributed by atoms with Gasteiger partial charge < -0.3 is 5.73 Å². The highest BCUT2D eigenvalue weighted by atomic mass is 35.5. The minimum absolute atomic E-state index is 0.0849. The fourth-order valence-corrected chi connectivity index (χ4v) is 3.17. The molecule has 1 aliphatic rings. The monoisotopic (exact) mass is 284 g/mol. The Kier molecular flexibility index (Phi) is 4.49. The van der Waals surface area contributed by atoms with Crippen molar-refractivity contribution in [3.8, 4) is 0 Å². The Balaban J connectivity index is 2.27. The molecule has 1 aromatic rings. The Labute approximate surface area is 119 Å². The summed E-state index contributed by atoms with van der Waals surface area (Å²) in [6.07, 6.45) is 2.34. The largest absolute Gasteiger partial charge is 0.329 e. The van der Waals surface area contributed by atoms with Crippen molar-refractivity contribution in [3.63, 3.8) is 0 Å². The van der Waals surface area contributed by atoms with Crippen molar-refractivity contribution in [1.82, 2.24) is 4.90 Å². The fourth-order valence-electron chi connectivity index (χ4n) is 2.99. The van der Waals surface area contributed by atoms with Gasteiger partial charge in [0, 0.05) is 24.7 Å². The van der Waals surface area contributed by atoms with E-state index in [1.807, 2.05) is 0 Å². The van der Waals surface area contributed by atoms with Crippen molar-refractivity contribution in [2.45, 2.75) is 32.7 Å². The maximum Gasteiger partial charge on any atom is 0.146 e. The summed E-state index contributed by atoms with van der Waals surface area (Å²) in [6.45, 7) is 6.83. The second-order valence-corrected chi connectivity index (χ2v) is 6.54. The van der Waals surface area contributed by atoms with Crippen LogP contribution in [0.5, 0.6) is 0 Å². The minimum atomic E-state index is -0.331. The van der Waals surface area contributed by atoms with Gasteiger partial charge in [0.1, 0.15) is 5.82 Å². The third-order valence-corrected chi connectivity index (χ3v) is 4.23. The van der Waals surface area contributed by atoms with E-state index in [9.17, 15) is 4.39 Å². The Morgan fingerprint density at radius 2 is 2.21 bits per heavy atom. The van der Waals surface area contributed by atoms with Gasteiger partial charge in [-0.3, -0.25) is 4.90 Å². The molecule has 0 amide bonds. The SMILES string of the molecule is CC1(C)CCCN(C(CN)c2cccc(Cl)c2F)C1. The lowest BCUT2D eigenvalue weighted by atomic mass is 9.83. The molecule has 0 spiro atoms. The molecule has 1 unspecified atom stereocenters. The third kappa shape index (κ3) is 3.28. The Morgan fingerprint density at radius 3 is 2.84 bits per heavy atom. The molecule has 1 heterocycles. The van der Waals surface area contributed by atoms with Crippen LogP contribution in [0.25, 0.3) is 0 Å². The topological polar surface area (TPSA) is 29.3 Å². The lowest BCUT2D eigenvalue weighted by molar-refractivity contribution is 0.0792. The highest BCUT2D eigenvalue weighted by Gasteiger charge is 2.31. The average molecular weight is 285 g/mol. The van der Waals surface area contributed by atoms with Gasteiger partial charge in [-0.2, -0.15) is 0 Å². The predicted molar refractivity (Wildman–Crippen MR) is 77.8 cm³/mol. The first-order valence-corrected chi connectivity index (χ1v) is 7.20. The molecular formula is C15H22ClFN2. The maximum absolute atomic E-state index is 14.2. The van der Waals surface area contributed by atoms with Crippen molar-refractivity contribution < 1.29 is 4.39 Å². The van der Waals surface area contributed by atoms with E-state index >= 15 is 0 Å². The van der Waals surface area contributed by atoms with E-state index in [1.165, 1.54) is 6.42 Å². The van der Waals surface area contributed by atoms with Crippen LogP contribution in [0, 0.1) is 11.2 Å². The summed E-state index contributed by atoms with van der Waals surface area (Å²) in [5, 5.41) is 0.173. The van der Waals surface area contributed by atoms with Crippen molar-refractivity contribution in [1.29, 1.82) is 0 Å². The normalized spacial score (nSPS) is 21.3. The van der Waals surface area contributed by atoms with E-state index in [2.05, 4.69) is 18.7 Å².